The highest BCUT2D eigenvalue weighted by Crippen LogP contribution is 2.26. The number of likely N-dealkylation sites (tertiary alicyclic amines) is 1. The van der Waals surface area contributed by atoms with E-state index in [2.05, 4.69) is 5.16 Å². The lowest BCUT2D eigenvalue weighted by Gasteiger charge is -2.38. The van der Waals surface area contributed by atoms with Crippen LogP contribution in [0.4, 0.5) is 0 Å². The van der Waals surface area contributed by atoms with Crippen LogP contribution in [-0.2, 0) is 0 Å². The van der Waals surface area contributed by atoms with Gasteiger partial charge >= 0.3 is 0 Å². The maximum Gasteiger partial charge on any atom is 0.259 e. The van der Waals surface area contributed by atoms with Gasteiger partial charge in [0.05, 0.1) is 5.69 Å². The van der Waals surface area contributed by atoms with E-state index in [1.54, 1.807) is 11.8 Å². The molecule has 1 saturated heterocycles. The maximum atomic E-state index is 12.2. The molecule has 1 fully saturated rings. The lowest BCUT2D eigenvalue weighted by atomic mass is 9.98. The number of aliphatic hydroxyl groups excluding tert-OH is 1. The maximum absolute atomic E-state index is 12.2. The van der Waals surface area contributed by atoms with Crippen molar-refractivity contribution >= 4 is 5.91 Å². The smallest absolute Gasteiger partial charge is 0.259 e. The zero-order valence-electron chi connectivity index (χ0n) is 10.4. The highest BCUT2D eigenvalue weighted by molar-refractivity contribution is 5.96. The summed E-state index contributed by atoms with van der Waals surface area (Å²) in [7, 11) is 0. The number of carbonyl (C=O) groups excluding carboxylic acids is 1. The number of aryl methyl sites for hydroxylation is 1. The highest BCUT2D eigenvalue weighted by Gasteiger charge is 2.34. The lowest BCUT2D eigenvalue weighted by molar-refractivity contribution is 0.0359. The van der Waals surface area contributed by atoms with Gasteiger partial charge in [-0.3, -0.25) is 4.79 Å². The molecule has 1 aliphatic heterocycles. The second-order valence-corrected chi connectivity index (χ2v) is 4.92. The topological polar surface area (TPSA) is 66.6 Å². The molecule has 0 aromatic carbocycles. The van der Waals surface area contributed by atoms with Gasteiger partial charge in [0.2, 0.25) is 0 Å². The predicted molar refractivity (Wildman–Crippen MR) is 61.8 cm³/mol. The van der Waals surface area contributed by atoms with Gasteiger partial charge in [0, 0.05) is 31.5 Å². The molecule has 5 nitrogen and oxygen atoms in total. The van der Waals surface area contributed by atoms with E-state index in [9.17, 15) is 4.79 Å². The summed E-state index contributed by atoms with van der Waals surface area (Å²) in [5.41, 5.74) is 1.24. The Kier molecular flexibility index (Phi) is 3.19. The van der Waals surface area contributed by atoms with Gasteiger partial charge in [0.25, 0.3) is 5.91 Å². The molecule has 0 atom stereocenters. The van der Waals surface area contributed by atoms with Crippen molar-refractivity contribution in [2.45, 2.75) is 26.7 Å². The van der Waals surface area contributed by atoms with Crippen LogP contribution < -0.4 is 0 Å². The van der Waals surface area contributed by atoms with E-state index in [1.165, 1.54) is 0 Å². The van der Waals surface area contributed by atoms with E-state index in [-0.39, 0.29) is 24.3 Å². The fraction of sp³-hybridized carbons (Fsp3) is 0.667. The van der Waals surface area contributed by atoms with E-state index in [1.807, 2.05) is 13.8 Å². The molecule has 0 radical (unpaired) electrons. The van der Waals surface area contributed by atoms with Gasteiger partial charge in [-0.05, 0) is 6.92 Å². The second kappa shape index (κ2) is 4.49. The Balaban J connectivity index is 2.17. The summed E-state index contributed by atoms with van der Waals surface area (Å²) >= 11 is 0. The van der Waals surface area contributed by atoms with Crippen LogP contribution in [0.25, 0.3) is 0 Å². The second-order valence-electron chi connectivity index (χ2n) is 4.92. The summed E-state index contributed by atoms with van der Waals surface area (Å²) in [6, 6.07) is 0. The van der Waals surface area contributed by atoms with Crippen LogP contribution in [0.5, 0.6) is 0 Å². The zero-order chi connectivity index (χ0) is 12.6. The standard InChI is InChI=1S/C12H18N2O3/c1-7(2)11-10(8(3)13-17-11)12(16)14-4-9(5-14)6-15/h7,9,15H,4-6H2,1-3H3. The Morgan fingerprint density at radius 1 is 1.59 bits per heavy atom. The van der Waals surface area contributed by atoms with Crippen LogP contribution in [0.2, 0.25) is 0 Å². The number of aliphatic hydroxyl groups is 1. The molecule has 0 spiro atoms. The Labute approximate surface area is 100 Å². The van der Waals surface area contributed by atoms with E-state index < -0.39 is 0 Å². The van der Waals surface area contributed by atoms with Gasteiger partial charge in [-0.1, -0.05) is 19.0 Å². The van der Waals surface area contributed by atoms with Crippen LogP contribution >= 0.6 is 0 Å². The zero-order valence-corrected chi connectivity index (χ0v) is 10.4. The first kappa shape index (κ1) is 12.1. The molecule has 17 heavy (non-hydrogen) atoms. The van der Waals surface area contributed by atoms with Gasteiger partial charge in [-0.25, -0.2) is 0 Å². The van der Waals surface area contributed by atoms with Gasteiger partial charge in [0.15, 0.2) is 5.76 Å². The van der Waals surface area contributed by atoms with Crippen molar-refractivity contribution in [1.82, 2.24) is 10.1 Å². The summed E-state index contributed by atoms with van der Waals surface area (Å²) in [4.78, 5) is 14.0. The third-order valence-corrected chi connectivity index (χ3v) is 3.13. The minimum atomic E-state index is -0.0304. The van der Waals surface area contributed by atoms with Crippen molar-refractivity contribution in [2.75, 3.05) is 19.7 Å². The molecule has 0 bridgehead atoms. The van der Waals surface area contributed by atoms with Crippen molar-refractivity contribution in [1.29, 1.82) is 0 Å². The van der Waals surface area contributed by atoms with E-state index in [0.717, 1.165) is 0 Å². The first-order valence-corrected chi connectivity index (χ1v) is 5.90. The SMILES string of the molecule is Cc1noc(C(C)C)c1C(=O)N1CC(CO)C1. The number of aromatic nitrogens is 1. The molecule has 1 N–H and O–H groups in total. The Morgan fingerprint density at radius 2 is 2.24 bits per heavy atom. The van der Waals surface area contributed by atoms with Crippen molar-refractivity contribution in [3.8, 4) is 0 Å². The molecule has 1 aromatic rings. The number of rotatable bonds is 3. The predicted octanol–water partition coefficient (Wildman–Crippen LogP) is 1.17. The molecule has 0 saturated carbocycles. The number of hydrogen-bond acceptors (Lipinski definition) is 4. The highest BCUT2D eigenvalue weighted by atomic mass is 16.5. The molecule has 2 heterocycles. The Bertz CT molecular complexity index is 419. The number of carbonyl (C=O) groups is 1. The summed E-state index contributed by atoms with van der Waals surface area (Å²) < 4.78 is 5.20. The first-order valence-electron chi connectivity index (χ1n) is 5.90. The summed E-state index contributed by atoms with van der Waals surface area (Å²) in [6.07, 6.45) is 0. The summed E-state index contributed by atoms with van der Waals surface area (Å²) in [6.45, 7) is 7.12. The largest absolute Gasteiger partial charge is 0.396 e. The quantitative estimate of drug-likeness (QED) is 0.858. The summed E-state index contributed by atoms with van der Waals surface area (Å²) in [5, 5.41) is 12.8. The average molecular weight is 238 g/mol. The normalized spacial score (nSPS) is 16.4. The van der Waals surface area contributed by atoms with Gasteiger partial charge in [-0.15, -0.1) is 0 Å². The molecular formula is C12H18N2O3. The molecule has 0 aliphatic carbocycles. The van der Waals surface area contributed by atoms with Gasteiger partial charge in [-0.2, -0.15) is 0 Å². The van der Waals surface area contributed by atoms with E-state index in [4.69, 9.17) is 9.63 Å². The number of hydrogen-bond donors (Lipinski definition) is 1. The fourth-order valence-corrected chi connectivity index (χ4v) is 2.05. The van der Waals surface area contributed by atoms with Crippen molar-refractivity contribution < 1.29 is 14.4 Å². The van der Waals surface area contributed by atoms with Crippen LogP contribution in [0.3, 0.4) is 0 Å². The Morgan fingerprint density at radius 3 is 2.76 bits per heavy atom. The fourth-order valence-electron chi connectivity index (χ4n) is 2.05. The monoisotopic (exact) mass is 238 g/mol. The molecular weight excluding hydrogens is 220 g/mol. The number of amides is 1. The average Bonchev–Trinajstić information content (AvgIpc) is 2.58. The lowest BCUT2D eigenvalue weighted by Crippen LogP contribution is -2.51. The van der Waals surface area contributed by atoms with Crippen LogP contribution in [0.1, 0.15) is 41.6 Å². The van der Waals surface area contributed by atoms with Crippen molar-refractivity contribution in [3.63, 3.8) is 0 Å². The van der Waals surface area contributed by atoms with Gasteiger partial charge in [0.1, 0.15) is 5.56 Å². The van der Waals surface area contributed by atoms with Crippen LogP contribution in [0.15, 0.2) is 4.52 Å². The Hall–Kier alpha value is -1.36. The molecule has 1 aromatic heterocycles. The first-order chi connectivity index (χ1) is 8.04. The third-order valence-electron chi connectivity index (χ3n) is 3.13. The molecule has 5 heteroatoms. The van der Waals surface area contributed by atoms with Crippen molar-refractivity contribution in [3.05, 3.63) is 17.0 Å². The minimum absolute atomic E-state index is 0.0304. The molecule has 0 unspecified atom stereocenters. The van der Waals surface area contributed by atoms with E-state index >= 15 is 0 Å². The summed E-state index contributed by atoms with van der Waals surface area (Å²) in [5.74, 6) is 0.990. The van der Waals surface area contributed by atoms with Gasteiger partial charge < -0.3 is 14.5 Å². The molecule has 1 aliphatic rings. The van der Waals surface area contributed by atoms with Crippen molar-refractivity contribution in [2.24, 2.45) is 5.92 Å². The number of nitrogens with zero attached hydrogens (tertiary/aromatic N) is 2. The van der Waals surface area contributed by atoms with Crippen LogP contribution in [0, 0.1) is 12.8 Å². The molecule has 94 valence electrons. The van der Waals surface area contributed by atoms with Crippen LogP contribution in [-0.4, -0.2) is 40.8 Å². The molecule has 1 amide bonds. The third kappa shape index (κ3) is 2.07. The molecule has 2 rings (SSSR count). The minimum Gasteiger partial charge on any atom is -0.396 e. The van der Waals surface area contributed by atoms with E-state index in [0.29, 0.717) is 30.1 Å².